The molecule has 1 N–H and O–H groups in total. The third kappa shape index (κ3) is 5.97. The van der Waals surface area contributed by atoms with Crippen molar-refractivity contribution in [3.63, 3.8) is 0 Å². The Bertz CT molecular complexity index is 1590. The van der Waals surface area contributed by atoms with Gasteiger partial charge in [-0.25, -0.2) is 18.4 Å². The Morgan fingerprint density at radius 3 is 2.62 bits per heavy atom. The number of piperidine rings is 1. The number of amides is 1. The Balaban J connectivity index is 1.75. The SMILES string of the molecule is CC#CCn1c(N2CCC[C@@H](NC(=O)OC(C)(C)C)C2)nc2c1c(=O)n(Cc1ccc(F)c(F)c1)c(=O)n2C. The number of nitrogens with zero attached hydrogens (tertiary/aromatic N) is 5. The van der Waals surface area contributed by atoms with Gasteiger partial charge in [0.15, 0.2) is 22.8 Å². The summed E-state index contributed by atoms with van der Waals surface area (Å²) in [5.41, 5.74) is -1.27. The highest BCUT2D eigenvalue weighted by molar-refractivity contribution is 5.75. The molecule has 1 aliphatic heterocycles. The molecule has 39 heavy (non-hydrogen) atoms. The van der Waals surface area contributed by atoms with Gasteiger partial charge in [0.1, 0.15) is 5.60 Å². The van der Waals surface area contributed by atoms with Crippen LogP contribution in [0, 0.1) is 23.5 Å². The molecule has 10 nitrogen and oxygen atoms in total. The molecule has 12 heteroatoms. The van der Waals surface area contributed by atoms with Gasteiger partial charge >= 0.3 is 11.8 Å². The molecule has 0 radical (unpaired) electrons. The van der Waals surface area contributed by atoms with Gasteiger partial charge in [0.25, 0.3) is 5.56 Å². The average Bonchev–Trinajstić information content (AvgIpc) is 3.25. The number of hydrogen-bond donors (Lipinski definition) is 1. The number of carbonyl (C=O) groups excluding carboxylic acids is 1. The number of fused-ring (bicyclic) bond motifs is 1. The van der Waals surface area contributed by atoms with Crippen molar-refractivity contribution in [1.29, 1.82) is 0 Å². The number of hydrogen-bond acceptors (Lipinski definition) is 6. The van der Waals surface area contributed by atoms with Crippen molar-refractivity contribution in [3.05, 3.63) is 56.2 Å². The third-order valence-corrected chi connectivity index (χ3v) is 6.38. The highest BCUT2D eigenvalue weighted by Gasteiger charge is 2.29. The zero-order valence-electron chi connectivity index (χ0n) is 22.7. The molecule has 0 saturated carbocycles. The lowest BCUT2D eigenvalue weighted by Crippen LogP contribution is -2.49. The van der Waals surface area contributed by atoms with Crippen LogP contribution < -0.4 is 21.5 Å². The smallest absolute Gasteiger partial charge is 0.407 e. The van der Waals surface area contributed by atoms with Gasteiger partial charge in [-0.1, -0.05) is 12.0 Å². The number of nitrogens with one attached hydrogen (secondary N) is 1. The molecule has 0 aliphatic carbocycles. The second kappa shape index (κ2) is 10.9. The molecule has 4 rings (SSSR count). The van der Waals surface area contributed by atoms with Gasteiger partial charge in [0, 0.05) is 26.2 Å². The van der Waals surface area contributed by atoms with Crippen LogP contribution in [-0.2, 0) is 24.9 Å². The minimum Gasteiger partial charge on any atom is -0.444 e. The highest BCUT2D eigenvalue weighted by atomic mass is 19.2. The lowest BCUT2D eigenvalue weighted by Gasteiger charge is -2.34. The third-order valence-electron chi connectivity index (χ3n) is 6.38. The monoisotopic (exact) mass is 542 g/mol. The van der Waals surface area contributed by atoms with Crippen LogP contribution in [0.3, 0.4) is 0 Å². The quantitative estimate of drug-likeness (QED) is 0.498. The number of aryl methyl sites for hydroxylation is 1. The molecule has 3 aromatic rings. The van der Waals surface area contributed by atoms with Crippen LogP contribution in [0.4, 0.5) is 19.5 Å². The van der Waals surface area contributed by atoms with E-state index in [1.54, 1.807) is 32.3 Å². The average molecular weight is 543 g/mol. The molecule has 1 aliphatic rings. The van der Waals surface area contributed by atoms with Crippen molar-refractivity contribution in [2.24, 2.45) is 7.05 Å². The number of ether oxygens (including phenoxy) is 1. The first-order chi connectivity index (χ1) is 18.4. The zero-order chi connectivity index (χ0) is 28.5. The summed E-state index contributed by atoms with van der Waals surface area (Å²) in [6.45, 7) is 7.98. The maximum Gasteiger partial charge on any atom is 0.407 e. The summed E-state index contributed by atoms with van der Waals surface area (Å²) in [4.78, 5) is 45.8. The van der Waals surface area contributed by atoms with Crippen LogP contribution in [0.2, 0.25) is 0 Å². The van der Waals surface area contributed by atoms with E-state index in [1.165, 1.54) is 17.7 Å². The molecule has 0 spiro atoms. The van der Waals surface area contributed by atoms with E-state index in [4.69, 9.17) is 4.74 Å². The number of carbonyl (C=O) groups is 1. The Morgan fingerprint density at radius 1 is 1.21 bits per heavy atom. The standard InChI is InChI=1S/C27H32F2N6O4/c1-6-7-13-34-21-22(31-24(34)33-12-8-9-18(16-33)30-25(37)39-27(2,3)4)32(5)26(38)35(23(21)36)15-17-10-11-19(28)20(29)14-17/h10-11,14,18H,8-9,12-13,15-16H2,1-5H3,(H,30,37)/t18-/m1/s1. The number of aromatic nitrogens is 4. The predicted molar refractivity (Wildman–Crippen MR) is 143 cm³/mol. The summed E-state index contributed by atoms with van der Waals surface area (Å²) in [6, 6.07) is 3.02. The van der Waals surface area contributed by atoms with Crippen LogP contribution >= 0.6 is 0 Å². The van der Waals surface area contributed by atoms with E-state index in [9.17, 15) is 23.2 Å². The van der Waals surface area contributed by atoms with Crippen LogP contribution in [-0.4, -0.2) is 49.5 Å². The number of halogens is 2. The van der Waals surface area contributed by atoms with E-state index in [1.807, 2.05) is 4.90 Å². The summed E-state index contributed by atoms with van der Waals surface area (Å²) in [5, 5.41) is 2.90. The van der Waals surface area contributed by atoms with Gasteiger partial charge in [-0.05, 0) is 58.2 Å². The molecule has 2 aromatic heterocycles. The van der Waals surface area contributed by atoms with Crippen LogP contribution in [0.15, 0.2) is 27.8 Å². The number of benzene rings is 1. The van der Waals surface area contributed by atoms with Gasteiger partial charge < -0.3 is 15.0 Å². The van der Waals surface area contributed by atoms with Crippen LogP contribution in [0.5, 0.6) is 0 Å². The van der Waals surface area contributed by atoms with Crippen molar-refractivity contribution in [2.75, 3.05) is 18.0 Å². The fraction of sp³-hybridized carbons (Fsp3) is 0.481. The van der Waals surface area contributed by atoms with E-state index in [-0.39, 0.29) is 35.9 Å². The van der Waals surface area contributed by atoms with Gasteiger partial charge in [-0.3, -0.25) is 18.5 Å². The molecule has 1 amide bonds. The van der Waals surface area contributed by atoms with Gasteiger partial charge in [0.2, 0.25) is 5.95 Å². The van der Waals surface area contributed by atoms with Gasteiger partial charge in [-0.15, -0.1) is 5.92 Å². The fourth-order valence-electron chi connectivity index (χ4n) is 4.62. The molecule has 1 aromatic carbocycles. The van der Waals surface area contributed by atoms with E-state index in [2.05, 4.69) is 22.1 Å². The van der Waals surface area contributed by atoms with Crippen LogP contribution in [0.1, 0.15) is 46.1 Å². The molecule has 0 unspecified atom stereocenters. The molecular weight excluding hydrogens is 510 g/mol. The molecule has 1 saturated heterocycles. The largest absolute Gasteiger partial charge is 0.444 e. The number of rotatable bonds is 5. The Labute approximate surface area is 224 Å². The van der Waals surface area contributed by atoms with Gasteiger partial charge in [-0.2, -0.15) is 4.98 Å². The lowest BCUT2D eigenvalue weighted by atomic mass is 10.1. The van der Waals surface area contributed by atoms with Crippen molar-refractivity contribution in [1.82, 2.24) is 24.0 Å². The summed E-state index contributed by atoms with van der Waals surface area (Å²) >= 11 is 0. The lowest BCUT2D eigenvalue weighted by molar-refractivity contribution is 0.0499. The molecule has 3 heterocycles. The first kappa shape index (κ1) is 27.9. The normalized spacial score (nSPS) is 15.7. The summed E-state index contributed by atoms with van der Waals surface area (Å²) in [5.74, 6) is 4.15. The maximum absolute atomic E-state index is 13.8. The van der Waals surface area contributed by atoms with Gasteiger partial charge in [0.05, 0.1) is 13.1 Å². The van der Waals surface area contributed by atoms with E-state index < -0.39 is 34.6 Å². The number of anilines is 1. The summed E-state index contributed by atoms with van der Waals surface area (Å²) in [6.07, 6.45) is 0.981. The first-order valence-electron chi connectivity index (χ1n) is 12.7. The fourth-order valence-corrected chi connectivity index (χ4v) is 4.62. The maximum atomic E-state index is 13.8. The Kier molecular flexibility index (Phi) is 7.81. The van der Waals surface area contributed by atoms with E-state index in [0.717, 1.165) is 29.5 Å². The second-order valence-electron chi connectivity index (χ2n) is 10.5. The summed E-state index contributed by atoms with van der Waals surface area (Å²) in [7, 11) is 1.50. The van der Waals surface area contributed by atoms with Crippen molar-refractivity contribution < 1.29 is 18.3 Å². The molecular formula is C27H32F2N6O4. The molecule has 208 valence electrons. The second-order valence-corrected chi connectivity index (χ2v) is 10.5. The minimum absolute atomic E-state index is 0.140. The highest BCUT2D eigenvalue weighted by Crippen LogP contribution is 2.24. The molecule has 0 bridgehead atoms. The predicted octanol–water partition coefficient (Wildman–Crippen LogP) is 2.74. The molecule has 1 fully saturated rings. The number of imidazole rings is 1. The summed E-state index contributed by atoms with van der Waals surface area (Å²) < 4.78 is 36.5. The Hall–Kier alpha value is -4.14. The van der Waals surface area contributed by atoms with Crippen molar-refractivity contribution >= 4 is 23.2 Å². The minimum atomic E-state index is -1.07. The topological polar surface area (TPSA) is 103 Å². The van der Waals surface area contributed by atoms with Crippen molar-refractivity contribution in [3.8, 4) is 11.8 Å². The van der Waals surface area contributed by atoms with E-state index in [0.29, 0.717) is 19.0 Å². The van der Waals surface area contributed by atoms with Crippen LogP contribution in [0.25, 0.3) is 11.2 Å². The number of alkyl carbamates (subject to hydrolysis) is 1. The Morgan fingerprint density at radius 2 is 1.95 bits per heavy atom. The van der Waals surface area contributed by atoms with Crippen molar-refractivity contribution in [2.45, 2.75) is 65.3 Å². The molecule has 1 atom stereocenters. The zero-order valence-corrected chi connectivity index (χ0v) is 22.7. The van der Waals surface area contributed by atoms with E-state index >= 15 is 0 Å². The first-order valence-corrected chi connectivity index (χ1v) is 12.7.